The van der Waals surface area contributed by atoms with Gasteiger partial charge in [0.15, 0.2) is 0 Å². The summed E-state index contributed by atoms with van der Waals surface area (Å²) in [6.07, 6.45) is 7.34. The van der Waals surface area contributed by atoms with Crippen LogP contribution in [0.25, 0.3) is 6.01 Å². The van der Waals surface area contributed by atoms with E-state index in [0.29, 0.717) is 12.1 Å². The number of hydrogen-bond donors (Lipinski definition) is 1. The van der Waals surface area contributed by atoms with Crippen molar-refractivity contribution in [2.75, 3.05) is 0 Å². The quantitative estimate of drug-likeness (QED) is 0.852. The summed E-state index contributed by atoms with van der Waals surface area (Å²) in [6, 6.07) is 1.03. The van der Waals surface area contributed by atoms with Gasteiger partial charge in [-0.15, -0.1) is 0 Å². The van der Waals surface area contributed by atoms with Gasteiger partial charge in [0.25, 0.3) is 0 Å². The molecule has 0 aromatic carbocycles. The van der Waals surface area contributed by atoms with Crippen molar-refractivity contribution in [2.45, 2.75) is 46.2 Å². The third kappa shape index (κ3) is 2.98. The number of aryl methyl sites for hydroxylation is 1. The minimum Gasteiger partial charge on any atom is -0.431 e. The molecule has 2 aromatic rings. The van der Waals surface area contributed by atoms with Gasteiger partial charge in [0.1, 0.15) is 12.1 Å². The Kier molecular flexibility index (Phi) is 4.15. The molecule has 0 atom stereocenters. The van der Waals surface area contributed by atoms with Gasteiger partial charge in [-0.2, -0.15) is 4.98 Å². The molecule has 2 heterocycles. The van der Waals surface area contributed by atoms with E-state index in [2.05, 4.69) is 36.1 Å². The van der Waals surface area contributed by atoms with E-state index < -0.39 is 0 Å². The standard InChI is InChI=1S/C13H20N4O/c1-4-5-12-14-6-7-17(12)13-16-11(9-18-13)8-15-10(2)3/h6-7,9-10,15H,4-5,8H2,1-3H3. The summed E-state index contributed by atoms with van der Waals surface area (Å²) in [5.74, 6) is 0.989. The molecule has 0 fully saturated rings. The zero-order valence-electron chi connectivity index (χ0n) is 11.2. The van der Waals surface area contributed by atoms with Gasteiger partial charge in [-0.3, -0.25) is 4.57 Å². The van der Waals surface area contributed by atoms with Crippen LogP contribution in [0.15, 0.2) is 23.1 Å². The molecular formula is C13H20N4O. The van der Waals surface area contributed by atoms with Crippen LogP contribution >= 0.6 is 0 Å². The second-order valence-corrected chi connectivity index (χ2v) is 4.62. The van der Waals surface area contributed by atoms with Gasteiger partial charge >= 0.3 is 6.01 Å². The van der Waals surface area contributed by atoms with Gasteiger partial charge in [-0.05, 0) is 6.42 Å². The van der Waals surface area contributed by atoms with E-state index in [9.17, 15) is 0 Å². The fourth-order valence-electron chi connectivity index (χ4n) is 1.71. The molecule has 0 amide bonds. The number of oxazole rings is 1. The third-order valence-electron chi connectivity index (χ3n) is 2.63. The number of rotatable bonds is 6. The van der Waals surface area contributed by atoms with E-state index in [4.69, 9.17) is 4.42 Å². The molecule has 0 bridgehead atoms. The number of aromatic nitrogens is 3. The molecule has 1 N–H and O–H groups in total. The molecule has 0 aliphatic heterocycles. The normalized spacial score (nSPS) is 11.3. The van der Waals surface area contributed by atoms with Gasteiger partial charge in [0.2, 0.25) is 0 Å². The maximum absolute atomic E-state index is 5.50. The second kappa shape index (κ2) is 5.82. The summed E-state index contributed by atoms with van der Waals surface area (Å²) < 4.78 is 7.41. The van der Waals surface area contributed by atoms with Crippen LogP contribution in [-0.2, 0) is 13.0 Å². The van der Waals surface area contributed by atoms with Crippen molar-refractivity contribution in [3.63, 3.8) is 0 Å². The van der Waals surface area contributed by atoms with Crippen LogP contribution in [0.1, 0.15) is 38.7 Å². The summed E-state index contributed by atoms with van der Waals surface area (Å²) in [5, 5.41) is 3.31. The van der Waals surface area contributed by atoms with Crippen LogP contribution < -0.4 is 5.32 Å². The van der Waals surface area contributed by atoms with Crippen molar-refractivity contribution in [1.29, 1.82) is 0 Å². The molecule has 0 aliphatic carbocycles. The molecule has 2 aromatic heterocycles. The summed E-state index contributed by atoms with van der Waals surface area (Å²) in [5.41, 5.74) is 0.912. The second-order valence-electron chi connectivity index (χ2n) is 4.62. The average Bonchev–Trinajstić information content (AvgIpc) is 2.94. The highest BCUT2D eigenvalue weighted by Crippen LogP contribution is 2.12. The monoisotopic (exact) mass is 248 g/mol. The maximum Gasteiger partial charge on any atom is 0.307 e. The Balaban J connectivity index is 2.11. The van der Waals surface area contributed by atoms with Gasteiger partial charge in [0.05, 0.1) is 5.69 Å². The molecule has 5 heteroatoms. The van der Waals surface area contributed by atoms with Gasteiger partial charge in [0, 0.05) is 31.4 Å². The fraction of sp³-hybridized carbons (Fsp3) is 0.538. The molecule has 0 saturated heterocycles. The summed E-state index contributed by atoms with van der Waals surface area (Å²) in [4.78, 5) is 8.77. The van der Waals surface area contributed by atoms with E-state index in [1.54, 1.807) is 12.5 Å². The van der Waals surface area contributed by atoms with E-state index in [1.807, 2.05) is 10.8 Å². The lowest BCUT2D eigenvalue weighted by atomic mass is 10.3. The first kappa shape index (κ1) is 12.8. The summed E-state index contributed by atoms with van der Waals surface area (Å²) in [6.45, 7) is 7.07. The smallest absolute Gasteiger partial charge is 0.307 e. The topological polar surface area (TPSA) is 55.9 Å². The van der Waals surface area contributed by atoms with Crippen molar-refractivity contribution in [2.24, 2.45) is 0 Å². The van der Waals surface area contributed by atoms with Gasteiger partial charge in [-0.1, -0.05) is 20.8 Å². The molecule has 0 aliphatic rings. The molecule has 0 spiro atoms. The number of imidazole rings is 1. The van der Waals surface area contributed by atoms with Crippen LogP contribution in [0.2, 0.25) is 0 Å². The fourth-order valence-corrected chi connectivity index (χ4v) is 1.71. The summed E-state index contributed by atoms with van der Waals surface area (Å²) >= 11 is 0. The lowest BCUT2D eigenvalue weighted by molar-refractivity contribution is 0.517. The Morgan fingerprint density at radius 1 is 1.44 bits per heavy atom. The van der Waals surface area contributed by atoms with Crippen molar-refractivity contribution >= 4 is 0 Å². The first-order chi connectivity index (χ1) is 8.70. The number of nitrogens with zero attached hydrogens (tertiary/aromatic N) is 3. The first-order valence-corrected chi connectivity index (χ1v) is 6.41. The molecule has 98 valence electrons. The van der Waals surface area contributed by atoms with E-state index in [1.165, 1.54) is 0 Å². The minimum atomic E-state index is 0.439. The lowest BCUT2D eigenvalue weighted by Crippen LogP contribution is -2.21. The molecule has 0 radical (unpaired) electrons. The Morgan fingerprint density at radius 3 is 3.00 bits per heavy atom. The largest absolute Gasteiger partial charge is 0.431 e. The first-order valence-electron chi connectivity index (χ1n) is 6.41. The molecule has 5 nitrogen and oxygen atoms in total. The van der Waals surface area contributed by atoms with Crippen LogP contribution in [0.5, 0.6) is 0 Å². The third-order valence-corrected chi connectivity index (χ3v) is 2.63. The Hall–Kier alpha value is -1.62. The predicted octanol–water partition coefficient (Wildman–Crippen LogP) is 2.31. The van der Waals surface area contributed by atoms with Gasteiger partial charge in [-0.25, -0.2) is 4.98 Å². The van der Waals surface area contributed by atoms with Crippen LogP contribution in [0, 0.1) is 0 Å². The zero-order valence-corrected chi connectivity index (χ0v) is 11.2. The van der Waals surface area contributed by atoms with E-state index in [-0.39, 0.29) is 0 Å². The van der Waals surface area contributed by atoms with E-state index >= 15 is 0 Å². The van der Waals surface area contributed by atoms with Crippen molar-refractivity contribution < 1.29 is 4.42 Å². The van der Waals surface area contributed by atoms with Crippen LogP contribution in [0.4, 0.5) is 0 Å². The van der Waals surface area contributed by atoms with E-state index in [0.717, 1.165) is 30.9 Å². The maximum atomic E-state index is 5.50. The van der Waals surface area contributed by atoms with Crippen LogP contribution in [0.3, 0.4) is 0 Å². The highest BCUT2D eigenvalue weighted by Gasteiger charge is 2.10. The summed E-state index contributed by atoms with van der Waals surface area (Å²) in [7, 11) is 0. The average molecular weight is 248 g/mol. The van der Waals surface area contributed by atoms with Gasteiger partial charge < -0.3 is 9.73 Å². The molecule has 0 unspecified atom stereocenters. The molecule has 0 saturated carbocycles. The molecule has 2 rings (SSSR count). The van der Waals surface area contributed by atoms with Crippen molar-refractivity contribution in [1.82, 2.24) is 19.9 Å². The Bertz CT molecular complexity index is 487. The minimum absolute atomic E-state index is 0.439. The molecular weight excluding hydrogens is 228 g/mol. The Labute approximate surface area is 107 Å². The van der Waals surface area contributed by atoms with Crippen molar-refractivity contribution in [3.8, 4) is 6.01 Å². The highest BCUT2D eigenvalue weighted by atomic mass is 16.4. The zero-order chi connectivity index (χ0) is 13.0. The molecule has 18 heavy (non-hydrogen) atoms. The predicted molar refractivity (Wildman–Crippen MR) is 69.6 cm³/mol. The number of nitrogens with one attached hydrogen (secondary N) is 1. The lowest BCUT2D eigenvalue weighted by Gasteiger charge is -2.04. The number of hydrogen-bond acceptors (Lipinski definition) is 4. The SMILES string of the molecule is CCCc1nccn1-c1nc(CNC(C)C)co1. The van der Waals surface area contributed by atoms with Crippen molar-refractivity contribution in [3.05, 3.63) is 30.2 Å². The van der Waals surface area contributed by atoms with Crippen LogP contribution in [-0.4, -0.2) is 20.6 Å². The highest BCUT2D eigenvalue weighted by molar-refractivity contribution is 5.14. The Morgan fingerprint density at radius 2 is 2.28 bits per heavy atom.